The molecule has 21 heavy (non-hydrogen) atoms. The van der Waals surface area contributed by atoms with E-state index in [4.69, 9.17) is 25.8 Å². The summed E-state index contributed by atoms with van der Waals surface area (Å²) in [4.78, 5) is 0. The van der Waals surface area contributed by atoms with Crippen LogP contribution in [0.2, 0.25) is 5.02 Å². The summed E-state index contributed by atoms with van der Waals surface area (Å²) in [6.07, 6.45) is 0. The van der Waals surface area contributed by atoms with E-state index in [2.05, 4.69) is 5.32 Å². The van der Waals surface area contributed by atoms with Crippen LogP contribution in [0.1, 0.15) is 11.1 Å². The molecule has 0 saturated heterocycles. The van der Waals surface area contributed by atoms with Gasteiger partial charge in [0.25, 0.3) is 0 Å². The summed E-state index contributed by atoms with van der Waals surface area (Å²) < 4.78 is 15.9. The smallest absolute Gasteiger partial charge is 0.231 e. The molecule has 0 saturated carbocycles. The fourth-order valence-electron chi connectivity index (χ4n) is 2.28. The van der Waals surface area contributed by atoms with Gasteiger partial charge in [0.1, 0.15) is 5.75 Å². The zero-order chi connectivity index (χ0) is 14.8. The van der Waals surface area contributed by atoms with Crippen LogP contribution in [-0.4, -0.2) is 13.9 Å². The highest BCUT2D eigenvalue weighted by molar-refractivity contribution is 6.32. The standard InChI is InChI=1S/C16H16ClNO3/c1-10-5-12(19-2)3-4-14(10)18-8-11-6-13(17)16-15(7-11)20-9-21-16/h3-7,18H,8-9H2,1-2H3. The molecular formula is C16H16ClNO3. The van der Waals surface area contributed by atoms with Gasteiger partial charge in [-0.05, 0) is 48.4 Å². The molecule has 0 bridgehead atoms. The summed E-state index contributed by atoms with van der Waals surface area (Å²) in [5.74, 6) is 2.18. The van der Waals surface area contributed by atoms with Crippen molar-refractivity contribution >= 4 is 17.3 Å². The van der Waals surface area contributed by atoms with Gasteiger partial charge >= 0.3 is 0 Å². The summed E-state index contributed by atoms with van der Waals surface area (Å²) >= 11 is 6.18. The van der Waals surface area contributed by atoms with Gasteiger partial charge in [-0.2, -0.15) is 0 Å². The third kappa shape index (κ3) is 2.85. The van der Waals surface area contributed by atoms with Crippen molar-refractivity contribution in [2.75, 3.05) is 19.2 Å². The van der Waals surface area contributed by atoms with Gasteiger partial charge in [0.2, 0.25) is 6.79 Å². The van der Waals surface area contributed by atoms with E-state index in [-0.39, 0.29) is 6.79 Å². The van der Waals surface area contributed by atoms with Crippen molar-refractivity contribution in [3.8, 4) is 17.2 Å². The van der Waals surface area contributed by atoms with Crippen molar-refractivity contribution in [2.24, 2.45) is 0 Å². The molecule has 3 rings (SSSR count). The maximum Gasteiger partial charge on any atom is 0.231 e. The van der Waals surface area contributed by atoms with Gasteiger partial charge in [-0.25, -0.2) is 0 Å². The summed E-state index contributed by atoms with van der Waals surface area (Å²) in [6.45, 7) is 2.92. The molecule has 2 aromatic rings. The van der Waals surface area contributed by atoms with Crippen LogP contribution in [0.15, 0.2) is 30.3 Å². The second-order valence-electron chi connectivity index (χ2n) is 4.85. The summed E-state index contributed by atoms with van der Waals surface area (Å²) in [7, 11) is 1.66. The molecule has 0 amide bonds. The van der Waals surface area contributed by atoms with E-state index in [0.717, 1.165) is 22.6 Å². The molecule has 2 aromatic carbocycles. The zero-order valence-corrected chi connectivity index (χ0v) is 12.7. The number of anilines is 1. The van der Waals surface area contributed by atoms with Gasteiger partial charge in [0.05, 0.1) is 12.1 Å². The maximum absolute atomic E-state index is 6.18. The maximum atomic E-state index is 6.18. The molecule has 1 aliphatic rings. The number of aryl methyl sites for hydroxylation is 1. The van der Waals surface area contributed by atoms with Crippen LogP contribution in [0, 0.1) is 6.92 Å². The number of nitrogens with one attached hydrogen (secondary N) is 1. The Morgan fingerprint density at radius 2 is 2.10 bits per heavy atom. The van der Waals surface area contributed by atoms with E-state index in [0.29, 0.717) is 23.1 Å². The first-order valence-corrected chi connectivity index (χ1v) is 7.01. The fraction of sp³-hybridized carbons (Fsp3) is 0.250. The fourth-order valence-corrected chi connectivity index (χ4v) is 2.57. The van der Waals surface area contributed by atoms with Crippen LogP contribution in [0.3, 0.4) is 0 Å². The van der Waals surface area contributed by atoms with Crippen molar-refractivity contribution in [1.82, 2.24) is 0 Å². The minimum Gasteiger partial charge on any atom is -0.497 e. The summed E-state index contributed by atoms with van der Waals surface area (Å²) in [5, 5.41) is 3.97. The van der Waals surface area contributed by atoms with Crippen LogP contribution in [0.25, 0.3) is 0 Å². The zero-order valence-electron chi connectivity index (χ0n) is 11.9. The van der Waals surface area contributed by atoms with Crippen molar-refractivity contribution in [3.63, 3.8) is 0 Å². The number of methoxy groups -OCH3 is 1. The van der Waals surface area contributed by atoms with Crippen molar-refractivity contribution < 1.29 is 14.2 Å². The van der Waals surface area contributed by atoms with Gasteiger partial charge in [-0.15, -0.1) is 0 Å². The van der Waals surface area contributed by atoms with Gasteiger partial charge in [-0.1, -0.05) is 11.6 Å². The lowest BCUT2D eigenvalue weighted by molar-refractivity contribution is 0.174. The molecule has 5 heteroatoms. The summed E-state index contributed by atoms with van der Waals surface area (Å²) in [6, 6.07) is 9.76. The highest BCUT2D eigenvalue weighted by atomic mass is 35.5. The number of hydrogen-bond acceptors (Lipinski definition) is 4. The molecule has 0 fully saturated rings. The minimum atomic E-state index is 0.226. The third-order valence-corrected chi connectivity index (χ3v) is 3.68. The molecule has 0 aromatic heterocycles. The predicted octanol–water partition coefficient (Wildman–Crippen LogP) is 4.00. The largest absolute Gasteiger partial charge is 0.497 e. The van der Waals surface area contributed by atoms with Crippen LogP contribution in [-0.2, 0) is 6.54 Å². The average Bonchev–Trinajstić information content (AvgIpc) is 2.95. The lowest BCUT2D eigenvalue weighted by Gasteiger charge is -2.12. The van der Waals surface area contributed by atoms with Crippen LogP contribution < -0.4 is 19.5 Å². The van der Waals surface area contributed by atoms with Gasteiger partial charge in [-0.3, -0.25) is 0 Å². The molecule has 1 heterocycles. The number of benzene rings is 2. The highest BCUT2D eigenvalue weighted by Gasteiger charge is 2.18. The molecule has 0 aliphatic carbocycles. The molecule has 0 spiro atoms. The Hall–Kier alpha value is -2.07. The SMILES string of the molecule is COc1ccc(NCc2cc(Cl)c3c(c2)OCO3)c(C)c1. The molecule has 0 atom stereocenters. The van der Waals surface area contributed by atoms with Gasteiger partial charge in [0, 0.05) is 12.2 Å². The minimum absolute atomic E-state index is 0.226. The van der Waals surface area contributed by atoms with E-state index >= 15 is 0 Å². The molecular weight excluding hydrogens is 290 g/mol. The lowest BCUT2D eigenvalue weighted by Crippen LogP contribution is -2.01. The topological polar surface area (TPSA) is 39.7 Å². The lowest BCUT2D eigenvalue weighted by atomic mass is 10.1. The van der Waals surface area contributed by atoms with E-state index in [1.54, 1.807) is 7.11 Å². The van der Waals surface area contributed by atoms with Crippen molar-refractivity contribution in [1.29, 1.82) is 0 Å². The number of hydrogen-bond donors (Lipinski definition) is 1. The summed E-state index contributed by atoms with van der Waals surface area (Å²) in [5.41, 5.74) is 3.23. The first-order valence-electron chi connectivity index (χ1n) is 6.64. The Morgan fingerprint density at radius 1 is 1.24 bits per heavy atom. The Balaban J connectivity index is 1.75. The molecule has 4 nitrogen and oxygen atoms in total. The Kier molecular flexibility index (Phi) is 3.80. The number of ether oxygens (including phenoxy) is 3. The molecule has 1 N–H and O–H groups in total. The Labute approximate surface area is 128 Å². The Bertz CT molecular complexity index is 673. The van der Waals surface area contributed by atoms with Crippen LogP contribution in [0.5, 0.6) is 17.2 Å². The van der Waals surface area contributed by atoms with Crippen molar-refractivity contribution in [3.05, 3.63) is 46.5 Å². The quantitative estimate of drug-likeness (QED) is 0.927. The number of halogens is 1. The van der Waals surface area contributed by atoms with E-state index in [1.165, 1.54) is 0 Å². The first kappa shape index (κ1) is 13.9. The van der Waals surface area contributed by atoms with Crippen LogP contribution >= 0.6 is 11.6 Å². The Morgan fingerprint density at radius 3 is 2.86 bits per heavy atom. The van der Waals surface area contributed by atoms with Crippen molar-refractivity contribution in [2.45, 2.75) is 13.5 Å². The van der Waals surface area contributed by atoms with Crippen LogP contribution in [0.4, 0.5) is 5.69 Å². The van der Waals surface area contributed by atoms with Gasteiger partial charge < -0.3 is 19.5 Å². The predicted molar refractivity (Wildman–Crippen MR) is 82.6 cm³/mol. The van der Waals surface area contributed by atoms with E-state index in [1.807, 2.05) is 37.3 Å². The van der Waals surface area contributed by atoms with E-state index < -0.39 is 0 Å². The molecule has 1 aliphatic heterocycles. The highest BCUT2D eigenvalue weighted by Crippen LogP contribution is 2.39. The second-order valence-corrected chi connectivity index (χ2v) is 5.25. The average molecular weight is 306 g/mol. The number of fused-ring (bicyclic) bond motifs is 1. The second kappa shape index (κ2) is 5.74. The normalized spacial score (nSPS) is 12.3. The molecule has 110 valence electrons. The third-order valence-electron chi connectivity index (χ3n) is 3.40. The molecule has 0 radical (unpaired) electrons. The monoisotopic (exact) mass is 305 g/mol. The van der Waals surface area contributed by atoms with E-state index in [9.17, 15) is 0 Å². The van der Waals surface area contributed by atoms with Gasteiger partial charge in [0.15, 0.2) is 11.5 Å². The molecule has 0 unspecified atom stereocenters. The number of rotatable bonds is 4. The first-order chi connectivity index (χ1) is 10.2.